The quantitative estimate of drug-likeness (QED) is 0.725. The lowest BCUT2D eigenvalue weighted by molar-refractivity contribution is 0.133. The van der Waals surface area contributed by atoms with Gasteiger partial charge in [-0.05, 0) is 16.7 Å². The number of nitrogens with one attached hydrogen (secondary N) is 1. The standard InChI is InChI=1S/C23H21NO3/c25-23(26-16-17-8-3-1-4-9-17)24-15-20-14-19-12-7-13-21(22(19)27-20)18-10-5-2-6-11-18/h1-13,20H,14-16H2,(H,24,25). The summed E-state index contributed by atoms with van der Waals surface area (Å²) in [5.74, 6) is 0.910. The molecule has 1 atom stereocenters. The van der Waals surface area contributed by atoms with Crippen LogP contribution in [0.2, 0.25) is 0 Å². The zero-order chi connectivity index (χ0) is 18.5. The Kier molecular flexibility index (Phi) is 5.06. The maximum Gasteiger partial charge on any atom is 0.407 e. The summed E-state index contributed by atoms with van der Waals surface area (Å²) < 4.78 is 11.4. The predicted octanol–water partition coefficient (Wildman–Crippen LogP) is 4.58. The monoisotopic (exact) mass is 359 g/mol. The number of hydrogen-bond donors (Lipinski definition) is 1. The number of amides is 1. The summed E-state index contributed by atoms with van der Waals surface area (Å²) >= 11 is 0. The van der Waals surface area contributed by atoms with Crippen LogP contribution in [0.5, 0.6) is 5.75 Å². The van der Waals surface area contributed by atoms with Gasteiger partial charge in [-0.1, -0.05) is 78.9 Å². The summed E-state index contributed by atoms with van der Waals surface area (Å²) in [6, 6.07) is 26.0. The first-order valence-corrected chi connectivity index (χ1v) is 9.08. The van der Waals surface area contributed by atoms with E-state index in [2.05, 4.69) is 35.6 Å². The average molecular weight is 359 g/mol. The second-order valence-corrected chi connectivity index (χ2v) is 6.55. The van der Waals surface area contributed by atoms with E-state index in [-0.39, 0.29) is 12.7 Å². The lowest BCUT2D eigenvalue weighted by Gasteiger charge is -2.14. The number of alkyl carbamates (subject to hydrolysis) is 1. The van der Waals surface area contributed by atoms with Crippen molar-refractivity contribution >= 4 is 6.09 Å². The molecule has 0 aliphatic carbocycles. The molecule has 4 nitrogen and oxygen atoms in total. The first-order chi connectivity index (χ1) is 13.3. The Labute approximate surface area is 158 Å². The van der Waals surface area contributed by atoms with Gasteiger partial charge in [-0.2, -0.15) is 0 Å². The van der Waals surface area contributed by atoms with Crippen molar-refractivity contribution in [2.75, 3.05) is 6.54 Å². The van der Waals surface area contributed by atoms with Crippen LogP contribution in [0.25, 0.3) is 11.1 Å². The maximum absolute atomic E-state index is 11.9. The van der Waals surface area contributed by atoms with Gasteiger partial charge in [0.1, 0.15) is 18.5 Å². The topological polar surface area (TPSA) is 47.6 Å². The molecule has 1 amide bonds. The number of para-hydroxylation sites is 1. The number of carbonyl (C=O) groups excluding carboxylic acids is 1. The molecule has 3 aromatic carbocycles. The summed E-state index contributed by atoms with van der Waals surface area (Å²) in [6.45, 7) is 0.674. The highest BCUT2D eigenvalue weighted by Crippen LogP contribution is 2.38. The molecule has 4 heteroatoms. The van der Waals surface area contributed by atoms with Crippen LogP contribution < -0.4 is 10.1 Å². The van der Waals surface area contributed by atoms with Crippen LogP contribution in [0.3, 0.4) is 0 Å². The summed E-state index contributed by atoms with van der Waals surface area (Å²) in [5.41, 5.74) is 4.35. The molecular weight excluding hydrogens is 338 g/mol. The van der Waals surface area contributed by atoms with E-state index in [0.717, 1.165) is 28.9 Å². The Bertz CT molecular complexity index is 909. The van der Waals surface area contributed by atoms with Crippen molar-refractivity contribution in [2.45, 2.75) is 19.1 Å². The van der Waals surface area contributed by atoms with Crippen molar-refractivity contribution < 1.29 is 14.3 Å². The summed E-state index contributed by atoms with van der Waals surface area (Å²) in [7, 11) is 0. The Balaban J connectivity index is 1.33. The van der Waals surface area contributed by atoms with E-state index in [1.807, 2.05) is 48.5 Å². The number of rotatable bonds is 5. The van der Waals surface area contributed by atoms with Gasteiger partial charge < -0.3 is 14.8 Å². The van der Waals surface area contributed by atoms with Crippen LogP contribution in [0.4, 0.5) is 4.79 Å². The first kappa shape index (κ1) is 17.2. The van der Waals surface area contributed by atoms with Gasteiger partial charge in [-0.15, -0.1) is 0 Å². The van der Waals surface area contributed by atoms with Crippen LogP contribution in [-0.4, -0.2) is 18.7 Å². The third-order valence-electron chi connectivity index (χ3n) is 4.60. The lowest BCUT2D eigenvalue weighted by Crippen LogP contribution is -2.34. The van der Waals surface area contributed by atoms with E-state index in [1.165, 1.54) is 5.56 Å². The van der Waals surface area contributed by atoms with Crippen LogP contribution in [0, 0.1) is 0 Å². The van der Waals surface area contributed by atoms with Gasteiger partial charge in [0.05, 0.1) is 6.54 Å². The Morgan fingerprint density at radius 1 is 0.963 bits per heavy atom. The highest BCUT2D eigenvalue weighted by Gasteiger charge is 2.26. The fraction of sp³-hybridized carbons (Fsp3) is 0.174. The SMILES string of the molecule is O=C(NCC1Cc2cccc(-c3ccccc3)c2O1)OCc1ccccc1. The molecule has 0 aromatic heterocycles. The van der Waals surface area contributed by atoms with E-state index in [9.17, 15) is 4.79 Å². The van der Waals surface area contributed by atoms with Gasteiger partial charge in [0.2, 0.25) is 0 Å². The molecule has 1 unspecified atom stereocenters. The van der Waals surface area contributed by atoms with Gasteiger partial charge >= 0.3 is 6.09 Å². The number of fused-ring (bicyclic) bond motifs is 1. The van der Waals surface area contributed by atoms with Crippen LogP contribution in [0.15, 0.2) is 78.9 Å². The van der Waals surface area contributed by atoms with Crippen molar-refractivity contribution in [3.8, 4) is 16.9 Å². The smallest absolute Gasteiger partial charge is 0.407 e. The number of benzene rings is 3. The second kappa shape index (κ2) is 7.96. The molecule has 0 radical (unpaired) electrons. The van der Waals surface area contributed by atoms with Gasteiger partial charge in [-0.3, -0.25) is 0 Å². The lowest BCUT2D eigenvalue weighted by atomic mass is 10.0. The van der Waals surface area contributed by atoms with Crippen molar-refractivity contribution in [2.24, 2.45) is 0 Å². The molecule has 0 fully saturated rings. The van der Waals surface area contributed by atoms with Gasteiger partial charge in [-0.25, -0.2) is 4.79 Å². The van der Waals surface area contributed by atoms with E-state index < -0.39 is 6.09 Å². The van der Waals surface area contributed by atoms with Gasteiger partial charge in [0.25, 0.3) is 0 Å². The third kappa shape index (κ3) is 4.11. The molecule has 27 heavy (non-hydrogen) atoms. The summed E-state index contributed by atoms with van der Waals surface area (Å²) in [4.78, 5) is 11.9. The Morgan fingerprint density at radius 2 is 1.70 bits per heavy atom. The fourth-order valence-electron chi connectivity index (χ4n) is 3.27. The van der Waals surface area contributed by atoms with Crippen LogP contribution >= 0.6 is 0 Å². The average Bonchev–Trinajstić information content (AvgIpc) is 3.15. The van der Waals surface area contributed by atoms with Crippen molar-refractivity contribution in [1.82, 2.24) is 5.32 Å². The van der Waals surface area contributed by atoms with Gasteiger partial charge in [0.15, 0.2) is 0 Å². The number of carbonyl (C=O) groups is 1. The highest BCUT2D eigenvalue weighted by atomic mass is 16.5. The molecular formula is C23H21NO3. The minimum absolute atomic E-state index is 0.0888. The Hall–Kier alpha value is -3.27. The highest BCUT2D eigenvalue weighted by molar-refractivity contribution is 5.73. The minimum atomic E-state index is -0.429. The Morgan fingerprint density at radius 3 is 2.48 bits per heavy atom. The van der Waals surface area contributed by atoms with Crippen LogP contribution in [-0.2, 0) is 17.8 Å². The zero-order valence-electron chi connectivity index (χ0n) is 14.9. The number of hydrogen-bond acceptors (Lipinski definition) is 3. The van der Waals surface area contributed by atoms with Crippen molar-refractivity contribution in [3.63, 3.8) is 0 Å². The molecule has 0 saturated carbocycles. The normalized spacial score (nSPS) is 14.9. The number of ether oxygens (including phenoxy) is 2. The molecule has 0 saturated heterocycles. The van der Waals surface area contributed by atoms with Crippen molar-refractivity contribution in [1.29, 1.82) is 0 Å². The molecule has 3 aromatic rings. The molecule has 1 heterocycles. The second-order valence-electron chi connectivity index (χ2n) is 6.55. The van der Waals surface area contributed by atoms with E-state index in [1.54, 1.807) is 0 Å². The molecule has 0 bridgehead atoms. The third-order valence-corrected chi connectivity index (χ3v) is 4.60. The fourth-order valence-corrected chi connectivity index (χ4v) is 3.27. The molecule has 4 rings (SSSR count). The van der Waals surface area contributed by atoms with E-state index in [4.69, 9.17) is 9.47 Å². The molecule has 0 spiro atoms. The van der Waals surface area contributed by atoms with Crippen molar-refractivity contribution in [3.05, 3.63) is 90.0 Å². The molecule has 1 aliphatic rings. The zero-order valence-corrected chi connectivity index (χ0v) is 14.9. The minimum Gasteiger partial charge on any atom is -0.487 e. The van der Waals surface area contributed by atoms with E-state index in [0.29, 0.717) is 6.54 Å². The van der Waals surface area contributed by atoms with Crippen LogP contribution in [0.1, 0.15) is 11.1 Å². The molecule has 1 N–H and O–H groups in total. The van der Waals surface area contributed by atoms with E-state index >= 15 is 0 Å². The molecule has 136 valence electrons. The first-order valence-electron chi connectivity index (χ1n) is 9.08. The summed E-state index contributed by atoms with van der Waals surface area (Å²) in [6.07, 6.45) is 0.255. The maximum atomic E-state index is 11.9. The van der Waals surface area contributed by atoms with Gasteiger partial charge in [0, 0.05) is 12.0 Å². The predicted molar refractivity (Wildman–Crippen MR) is 105 cm³/mol. The largest absolute Gasteiger partial charge is 0.487 e. The summed E-state index contributed by atoms with van der Waals surface area (Å²) in [5, 5.41) is 2.80. The molecule has 1 aliphatic heterocycles.